The van der Waals surface area contributed by atoms with Crippen LogP contribution in [0.1, 0.15) is 54.9 Å². The third kappa shape index (κ3) is 5.96. The molecule has 258 valence electrons. The lowest BCUT2D eigenvalue weighted by Crippen LogP contribution is -2.48. The maximum absolute atomic E-state index is 16.5. The number of aliphatic hydroxyl groups is 1. The van der Waals surface area contributed by atoms with Crippen molar-refractivity contribution in [1.29, 1.82) is 0 Å². The minimum absolute atomic E-state index is 0.0850. The van der Waals surface area contributed by atoms with Crippen LogP contribution >= 0.6 is 15.9 Å². The number of fused-ring (bicyclic) bond motifs is 3. The van der Waals surface area contributed by atoms with Gasteiger partial charge in [0.2, 0.25) is 20.2 Å². The van der Waals surface area contributed by atoms with E-state index in [1.54, 1.807) is 22.9 Å². The van der Waals surface area contributed by atoms with Crippen molar-refractivity contribution in [3.63, 3.8) is 0 Å². The molecule has 0 bridgehead atoms. The second-order valence-corrected chi connectivity index (χ2v) is 19.2. The Kier molecular flexibility index (Phi) is 9.08. The molecule has 1 spiro atoms. The zero-order valence-corrected chi connectivity index (χ0v) is 30.8. The van der Waals surface area contributed by atoms with Gasteiger partial charge in [-0.2, -0.15) is 0 Å². The number of hydrogen-bond donors (Lipinski definition) is 1. The summed E-state index contributed by atoms with van der Waals surface area (Å²) in [7, 11) is -3.50. The topological polar surface area (TPSA) is 90.4 Å². The van der Waals surface area contributed by atoms with Gasteiger partial charge in [0.1, 0.15) is 0 Å². The third-order valence-electron chi connectivity index (χ3n) is 11.1. The average molecular weight is 749 g/mol. The molecule has 0 aliphatic carbocycles. The number of rotatable bonds is 7. The van der Waals surface area contributed by atoms with Crippen molar-refractivity contribution in [3.05, 3.63) is 93.5 Å². The van der Waals surface area contributed by atoms with E-state index >= 15 is 4.11 Å². The lowest BCUT2D eigenvalue weighted by atomic mass is 9.82. The average Bonchev–Trinajstić information content (AvgIpc) is 3.50. The Morgan fingerprint density at radius 3 is 2.57 bits per heavy atom. The number of carbonyl (C=O) groups is 3. The summed E-state index contributed by atoms with van der Waals surface area (Å²) < 4.78 is 24.1. The van der Waals surface area contributed by atoms with E-state index in [1.165, 1.54) is 0 Å². The van der Waals surface area contributed by atoms with Gasteiger partial charge in [0.15, 0.2) is 5.60 Å². The minimum atomic E-state index is -3.50. The summed E-state index contributed by atoms with van der Waals surface area (Å²) >= 11 is 3.60. The first-order chi connectivity index (χ1) is 23.4. The highest BCUT2D eigenvalue weighted by Crippen LogP contribution is 2.60. The number of halogens is 2. The summed E-state index contributed by atoms with van der Waals surface area (Å²) in [5, 5.41) is 10.3. The van der Waals surface area contributed by atoms with Gasteiger partial charge in [-0.3, -0.25) is 14.4 Å². The van der Waals surface area contributed by atoms with Crippen molar-refractivity contribution in [1.82, 2.24) is 4.90 Å². The monoisotopic (exact) mass is 747 g/mol. The Balaban J connectivity index is 1.21. The van der Waals surface area contributed by atoms with Gasteiger partial charge in [-0.15, -0.1) is 0 Å². The van der Waals surface area contributed by atoms with Crippen LogP contribution in [0, 0.1) is 5.92 Å². The molecule has 49 heavy (non-hydrogen) atoms. The van der Waals surface area contributed by atoms with E-state index in [4.69, 9.17) is 4.74 Å². The lowest BCUT2D eigenvalue weighted by molar-refractivity contribution is -0.151. The molecule has 2 saturated heterocycles. The third-order valence-corrected chi connectivity index (χ3v) is 14.0. The van der Waals surface area contributed by atoms with Crippen molar-refractivity contribution in [2.45, 2.75) is 88.5 Å². The molecule has 0 saturated carbocycles. The summed E-state index contributed by atoms with van der Waals surface area (Å²) in [5.74, 6) is -0.931. The first-order valence-corrected chi connectivity index (χ1v) is 21.0. The summed E-state index contributed by atoms with van der Waals surface area (Å²) in [5.41, 5.74) is 3.07. The minimum Gasteiger partial charge on any atom is -0.394 e. The summed E-state index contributed by atoms with van der Waals surface area (Å²) in [6, 6.07) is 20.9. The maximum Gasteiger partial charge on any atom is 0.264 e. The van der Waals surface area contributed by atoms with Gasteiger partial charge in [0, 0.05) is 46.7 Å². The summed E-state index contributed by atoms with van der Waals surface area (Å²) in [6.45, 7) is 6.26. The number of ether oxygens (including phenoxy) is 1. The molecule has 7 rings (SSSR count). The molecule has 1 N–H and O–H groups in total. The van der Waals surface area contributed by atoms with Gasteiger partial charge in [0.05, 0.1) is 37.4 Å². The Labute approximate surface area is 296 Å². The van der Waals surface area contributed by atoms with E-state index in [1.807, 2.05) is 78.6 Å². The van der Waals surface area contributed by atoms with Gasteiger partial charge < -0.3 is 28.7 Å². The van der Waals surface area contributed by atoms with E-state index in [9.17, 15) is 19.5 Å². The van der Waals surface area contributed by atoms with Crippen molar-refractivity contribution in [2.24, 2.45) is 5.92 Å². The molecular weight excluding hydrogens is 705 g/mol. The van der Waals surface area contributed by atoms with Crippen LogP contribution in [0.15, 0.2) is 71.2 Å². The molecule has 11 heteroatoms. The summed E-state index contributed by atoms with van der Waals surface area (Å²) in [6.07, 6.45) is 2.00. The molecule has 0 aromatic heterocycles. The molecule has 4 aliphatic rings. The fraction of sp³-hybridized carbons (Fsp3) is 0.447. The lowest BCUT2D eigenvalue weighted by Gasteiger charge is -2.37. The number of amides is 3. The second kappa shape index (κ2) is 13.1. The van der Waals surface area contributed by atoms with E-state index in [2.05, 4.69) is 15.9 Å². The van der Waals surface area contributed by atoms with Gasteiger partial charge in [-0.05, 0) is 79.4 Å². The molecule has 8 nitrogen and oxygen atoms in total. The molecule has 3 amide bonds. The Morgan fingerprint density at radius 1 is 1.06 bits per heavy atom. The fourth-order valence-electron chi connectivity index (χ4n) is 8.79. The number of hydrogen-bond acceptors (Lipinski definition) is 5. The largest absolute Gasteiger partial charge is 0.394 e. The molecule has 0 unspecified atom stereocenters. The zero-order valence-electron chi connectivity index (χ0n) is 28.2. The molecule has 4 aliphatic heterocycles. The number of aliphatic hydroxyl groups excluding tert-OH is 1. The van der Waals surface area contributed by atoms with E-state index in [-0.39, 0.29) is 43.3 Å². The maximum atomic E-state index is 16.5. The van der Waals surface area contributed by atoms with E-state index in [0.717, 1.165) is 39.7 Å². The van der Waals surface area contributed by atoms with Crippen LogP contribution in [-0.4, -0.2) is 61.4 Å². The number of nitrogens with zero attached hydrogens (tertiary/aromatic N) is 3. The highest BCUT2D eigenvalue weighted by Gasteiger charge is 2.67. The Hall–Kier alpha value is -3.38. The SMILES string of the molecule is C[C@H]1[C@H]([Si](C)(C)F)[C@@H](CC(=O)N2Cc3ccccc3C[C@H]2CO)O[C@]12C(=O)N(Cc1cccc(N3CCCCC3=O)c1)c1ccc(Br)cc12. The van der Waals surface area contributed by atoms with Gasteiger partial charge in [-0.1, -0.05) is 59.3 Å². The number of carbonyl (C=O) groups excluding carboxylic acids is 3. The molecular formula is C38H43BrFN3O5Si. The van der Waals surface area contributed by atoms with Crippen molar-refractivity contribution in [3.8, 4) is 0 Å². The fourth-order valence-corrected chi connectivity index (χ4v) is 11.6. The smallest absolute Gasteiger partial charge is 0.264 e. The highest BCUT2D eigenvalue weighted by molar-refractivity contribution is 9.10. The van der Waals surface area contributed by atoms with Crippen LogP contribution < -0.4 is 9.80 Å². The van der Waals surface area contributed by atoms with Crippen molar-refractivity contribution >= 4 is 53.4 Å². The standard InChI is InChI=1S/C38H43BrFN3O5Si/c1-24-36(49(2,3)40)33(20-35(46)42-22-27-11-5-4-10-26(27)18-30(42)23-44)48-38(24)31-19-28(39)14-15-32(31)43(37(38)47)21-25-9-8-12-29(17-25)41-16-7-6-13-34(41)45/h4-5,8-12,14-15,17,19,24,30,33,36,44H,6-7,13,16,18,20-23H2,1-3H3/t24-,30-,33+,36-,38+/m0/s1. The molecule has 0 radical (unpaired) electrons. The number of benzene rings is 3. The van der Waals surface area contributed by atoms with E-state index in [0.29, 0.717) is 37.2 Å². The predicted octanol–water partition coefficient (Wildman–Crippen LogP) is 6.62. The molecule has 3 aromatic rings. The Bertz CT molecular complexity index is 1800. The molecule has 4 heterocycles. The quantitative estimate of drug-likeness (QED) is 0.217. The van der Waals surface area contributed by atoms with Crippen LogP contribution in [-0.2, 0) is 44.2 Å². The van der Waals surface area contributed by atoms with Gasteiger partial charge >= 0.3 is 0 Å². The highest BCUT2D eigenvalue weighted by atomic mass is 79.9. The molecule has 2 fully saturated rings. The summed E-state index contributed by atoms with van der Waals surface area (Å²) in [4.78, 5) is 46.9. The molecule has 3 aromatic carbocycles. The van der Waals surface area contributed by atoms with Crippen LogP contribution in [0.4, 0.5) is 15.5 Å². The normalized spacial score (nSPS) is 26.8. The van der Waals surface area contributed by atoms with E-state index < -0.39 is 31.6 Å². The van der Waals surface area contributed by atoms with Gasteiger partial charge in [0.25, 0.3) is 5.91 Å². The number of piperidine rings is 1. The van der Waals surface area contributed by atoms with Crippen LogP contribution in [0.2, 0.25) is 18.6 Å². The number of anilines is 2. The Morgan fingerprint density at radius 2 is 1.84 bits per heavy atom. The zero-order chi connectivity index (χ0) is 34.7. The van der Waals surface area contributed by atoms with Crippen LogP contribution in [0.25, 0.3) is 0 Å². The first kappa shape index (κ1) is 34.1. The predicted molar refractivity (Wildman–Crippen MR) is 192 cm³/mol. The van der Waals surface area contributed by atoms with Crippen LogP contribution in [0.5, 0.6) is 0 Å². The van der Waals surface area contributed by atoms with Crippen LogP contribution in [0.3, 0.4) is 0 Å². The molecule has 5 atom stereocenters. The van der Waals surface area contributed by atoms with Crippen molar-refractivity contribution < 1.29 is 28.3 Å². The van der Waals surface area contributed by atoms with Gasteiger partial charge in [-0.25, -0.2) is 0 Å². The second-order valence-electron chi connectivity index (χ2n) is 14.5. The first-order valence-electron chi connectivity index (χ1n) is 17.3. The van der Waals surface area contributed by atoms with Crippen molar-refractivity contribution in [2.75, 3.05) is 23.0 Å².